The summed E-state index contributed by atoms with van der Waals surface area (Å²) < 4.78 is 16.8. The minimum Gasteiger partial charge on any atom is -0.508 e. The second kappa shape index (κ2) is 11.4. The van der Waals surface area contributed by atoms with Gasteiger partial charge in [-0.05, 0) is 48.0 Å². The van der Waals surface area contributed by atoms with Crippen LogP contribution in [0, 0.1) is 0 Å². The summed E-state index contributed by atoms with van der Waals surface area (Å²) in [7, 11) is 0. The first-order valence-electron chi connectivity index (χ1n) is 11.5. The summed E-state index contributed by atoms with van der Waals surface area (Å²) in [4.78, 5) is 12.7. The maximum atomic E-state index is 12.7. The number of rotatable bonds is 7. The Morgan fingerprint density at radius 1 is 0.842 bits per heavy atom. The second-order valence-corrected chi connectivity index (χ2v) is 8.55. The highest BCUT2D eigenvalue weighted by Crippen LogP contribution is 2.38. The van der Waals surface area contributed by atoms with Gasteiger partial charge in [-0.2, -0.15) is 0 Å². The van der Waals surface area contributed by atoms with Crippen molar-refractivity contribution < 1.29 is 54.8 Å². The SMILES string of the molecule is O=C(O[C@H]1[C@H](Oc2c(O)cc(O)cc2/C=C/c2ccc(O)cc2)O[C@H](CO)[C@@H](O)[C@@H]1O)c1ccc(O)cc1. The molecule has 0 bridgehead atoms. The molecule has 11 nitrogen and oxygen atoms in total. The Balaban J connectivity index is 1.65. The van der Waals surface area contributed by atoms with Gasteiger partial charge in [0.1, 0.15) is 35.6 Å². The van der Waals surface area contributed by atoms with Gasteiger partial charge in [-0.25, -0.2) is 4.79 Å². The number of carbonyl (C=O) groups excluding carboxylic acids is 1. The smallest absolute Gasteiger partial charge is 0.338 e. The van der Waals surface area contributed by atoms with Crippen LogP contribution in [0.1, 0.15) is 21.5 Å². The fourth-order valence-corrected chi connectivity index (χ4v) is 3.83. The van der Waals surface area contributed by atoms with Gasteiger partial charge in [-0.1, -0.05) is 24.3 Å². The van der Waals surface area contributed by atoms with Gasteiger partial charge in [-0.15, -0.1) is 0 Å². The van der Waals surface area contributed by atoms with Gasteiger partial charge in [0.05, 0.1) is 12.2 Å². The van der Waals surface area contributed by atoms with Crippen LogP contribution in [-0.4, -0.2) is 79.0 Å². The molecular weight excluding hydrogens is 500 g/mol. The van der Waals surface area contributed by atoms with Crippen molar-refractivity contribution in [3.63, 3.8) is 0 Å². The number of phenols is 4. The van der Waals surface area contributed by atoms with Gasteiger partial charge in [0.15, 0.2) is 17.6 Å². The maximum absolute atomic E-state index is 12.7. The zero-order chi connectivity index (χ0) is 27.4. The van der Waals surface area contributed by atoms with E-state index in [0.29, 0.717) is 5.56 Å². The number of benzene rings is 3. The summed E-state index contributed by atoms with van der Waals surface area (Å²) in [5.41, 5.74) is 0.867. The average Bonchev–Trinajstić information content (AvgIpc) is 2.89. The van der Waals surface area contributed by atoms with E-state index in [2.05, 4.69) is 0 Å². The number of hydrogen-bond donors (Lipinski definition) is 7. The molecule has 11 heteroatoms. The van der Waals surface area contributed by atoms with Crippen LogP contribution < -0.4 is 4.74 Å². The predicted molar refractivity (Wildman–Crippen MR) is 133 cm³/mol. The Morgan fingerprint density at radius 2 is 1.47 bits per heavy atom. The zero-order valence-corrected chi connectivity index (χ0v) is 19.8. The molecular formula is C27H26O11. The van der Waals surface area contributed by atoms with E-state index < -0.39 is 49.0 Å². The average molecular weight is 526 g/mol. The van der Waals surface area contributed by atoms with Gasteiger partial charge in [0.2, 0.25) is 6.29 Å². The van der Waals surface area contributed by atoms with E-state index >= 15 is 0 Å². The third kappa shape index (κ3) is 5.98. The molecule has 0 aromatic heterocycles. The molecule has 0 saturated carbocycles. The lowest BCUT2D eigenvalue weighted by molar-refractivity contribution is -0.276. The van der Waals surface area contributed by atoms with Gasteiger partial charge >= 0.3 is 5.97 Å². The minimum atomic E-state index is -1.75. The molecule has 5 atom stereocenters. The van der Waals surface area contributed by atoms with Crippen LogP contribution in [-0.2, 0) is 9.47 Å². The van der Waals surface area contributed by atoms with E-state index in [4.69, 9.17) is 14.2 Å². The molecule has 38 heavy (non-hydrogen) atoms. The van der Waals surface area contributed by atoms with Crippen LogP contribution in [0.3, 0.4) is 0 Å². The first kappa shape index (κ1) is 26.8. The van der Waals surface area contributed by atoms with Crippen molar-refractivity contribution in [1.29, 1.82) is 0 Å². The van der Waals surface area contributed by atoms with Crippen molar-refractivity contribution in [2.45, 2.75) is 30.7 Å². The number of phenolic OH excluding ortho intramolecular Hbond substituents is 4. The Bertz CT molecular complexity index is 1290. The lowest BCUT2D eigenvalue weighted by Crippen LogP contribution is -2.61. The van der Waals surface area contributed by atoms with Crippen molar-refractivity contribution in [3.8, 4) is 28.7 Å². The second-order valence-electron chi connectivity index (χ2n) is 8.55. The Morgan fingerprint density at radius 3 is 2.11 bits per heavy atom. The van der Waals surface area contributed by atoms with Gasteiger partial charge in [0.25, 0.3) is 0 Å². The van der Waals surface area contributed by atoms with E-state index in [1.54, 1.807) is 18.2 Å². The predicted octanol–water partition coefficient (Wildman–Crippen LogP) is 1.72. The minimum absolute atomic E-state index is 0.0255. The lowest BCUT2D eigenvalue weighted by atomic mass is 9.99. The quantitative estimate of drug-likeness (QED) is 0.176. The monoisotopic (exact) mass is 526 g/mol. The van der Waals surface area contributed by atoms with Gasteiger partial charge in [0, 0.05) is 11.6 Å². The van der Waals surface area contributed by atoms with Crippen LogP contribution in [0.25, 0.3) is 12.2 Å². The summed E-state index contributed by atoms with van der Waals surface area (Å²) in [6.07, 6.45) is -4.81. The number of hydrogen-bond acceptors (Lipinski definition) is 11. The third-order valence-electron chi connectivity index (χ3n) is 5.84. The first-order valence-corrected chi connectivity index (χ1v) is 11.5. The van der Waals surface area contributed by atoms with Crippen molar-refractivity contribution in [3.05, 3.63) is 77.4 Å². The molecule has 1 aliphatic heterocycles. The zero-order valence-electron chi connectivity index (χ0n) is 19.8. The highest BCUT2D eigenvalue weighted by atomic mass is 16.7. The summed E-state index contributed by atoms with van der Waals surface area (Å²) >= 11 is 0. The molecule has 1 saturated heterocycles. The molecule has 200 valence electrons. The topological polar surface area (TPSA) is 186 Å². The van der Waals surface area contributed by atoms with Crippen LogP contribution in [0.2, 0.25) is 0 Å². The molecule has 0 unspecified atom stereocenters. The fourth-order valence-electron chi connectivity index (χ4n) is 3.83. The summed E-state index contributed by atoms with van der Waals surface area (Å²) in [6, 6.07) is 13.6. The highest BCUT2D eigenvalue weighted by molar-refractivity contribution is 5.89. The Kier molecular flexibility index (Phi) is 8.03. The summed E-state index contributed by atoms with van der Waals surface area (Å²) in [6.45, 7) is -0.702. The number of carbonyl (C=O) groups is 1. The van der Waals surface area contributed by atoms with Gasteiger partial charge < -0.3 is 50.0 Å². The molecule has 0 amide bonds. The van der Waals surface area contributed by atoms with Crippen molar-refractivity contribution in [2.75, 3.05) is 6.61 Å². The normalized spacial score (nSPS) is 23.3. The molecule has 4 rings (SSSR count). The number of esters is 1. The summed E-state index contributed by atoms with van der Waals surface area (Å²) in [5.74, 6) is -1.95. The first-order chi connectivity index (χ1) is 18.2. The van der Waals surface area contributed by atoms with Crippen molar-refractivity contribution >= 4 is 18.1 Å². The molecule has 1 aliphatic rings. The Hall–Kier alpha value is -4.29. The molecule has 0 spiro atoms. The number of ether oxygens (including phenoxy) is 3. The molecule has 1 fully saturated rings. The maximum Gasteiger partial charge on any atom is 0.338 e. The molecule has 7 N–H and O–H groups in total. The largest absolute Gasteiger partial charge is 0.508 e. The highest BCUT2D eigenvalue weighted by Gasteiger charge is 2.48. The van der Waals surface area contributed by atoms with Crippen LogP contribution >= 0.6 is 0 Å². The van der Waals surface area contributed by atoms with Crippen molar-refractivity contribution in [2.24, 2.45) is 0 Å². The molecule has 3 aromatic carbocycles. The molecule has 0 aliphatic carbocycles. The number of aliphatic hydroxyl groups is 3. The number of aromatic hydroxyl groups is 4. The van der Waals surface area contributed by atoms with Gasteiger partial charge in [-0.3, -0.25) is 0 Å². The van der Waals surface area contributed by atoms with E-state index in [1.807, 2.05) is 0 Å². The van der Waals surface area contributed by atoms with E-state index in [9.17, 15) is 40.5 Å². The summed E-state index contributed by atoms with van der Waals surface area (Å²) in [5, 5.41) is 70.2. The van der Waals surface area contributed by atoms with Crippen LogP contribution in [0.5, 0.6) is 28.7 Å². The van der Waals surface area contributed by atoms with Crippen LogP contribution in [0.15, 0.2) is 60.7 Å². The van der Waals surface area contributed by atoms with Crippen molar-refractivity contribution in [1.82, 2.24) is 0 Å². The van der Waals surface area contributed by atoms with Crippen LogP contribution in [0.4, 0.5) is 0 Å². The molecule has 0 radical (unpaired) electrons. The van der Waals surface area contributed by atoms with E-state index in [-0.39, 0.29) is 34.1 Å². The standard InChI is InChI=1S/C27H26O11/c28-13-21-22(33)23(34)25(37-26(35)15-5-9-18(30)10-6-15)27(36-21)38-24-16(11-19(31)12-20(24)32)4-1-14-2-7-17(29)8-3-14/h1-12,21-23,25,27-34H,13H2/b4-1+/t21-,22-,23+,25-,27+/m1/s1. The molecule has 1 heterocycles. The fraction of sp³-hybridized carbons (Fsp3) is 0.222. The molecule has 3 aromatic rings. The Labute approximate surface area is 216 Å². The third-order valence-corrected chi connectivity index (χ3v) is 5.84. The van der Waals surface area contributed by atoms with E-state index in [1.165, 1.54) is 48.5 Å². The van der Waals surface area contributed by atoms with E-state index in [0.717, 1.165) is 6.07 Å². The number of aliphatic hydroxyl groups excluding tert-OH is 3. The lowest BCUT2D eigenvalue weighted by Gasteiger charge is -2.41.